The molecular weight excluding hydrogens is 384 g/mol. The van der Waals surface area contributed by atoms with Gasteiger partial charge in [0, 0.05) is 12.0 Å². The molecule has 6 heteroatoms. The van der Waals surface area contributed by atoms with Crippen LogP contribution in [0.25, 0.3) is 0 Å². The fourth-order valence-electron chi connectivity index (χ4n) is 2.13. The van der Waals surface area contributed by atoms with Gasteiger partial charge in [0.2, 0.25) is 5.91 Å². The molecule has 0 fully saturated rings. The minimum absolute atomic E-state index is 0.237. The third-order valence-electron chi connectivity index (χ3n) is 3.45. The van der Waals surface area contributed by atoms with Crippen LogP contribution in [-0.4, -0.2) is 18.4 Å². The normalized spacial score (nSPS) is 10.2. The van der Waals surface area contributed by atoms with Crippen molar-refractivity contribution < 1.29 is 14.3 Å². The summed E-state index contributed by atoms with van der Waals surface area (Å²) in [7, 11) is 0. The van der Waals surface area contributed by atoms with E-state index in [-0.39, 0.29) is 11.8 Å². The molecule has 2 aromatic carbocycles. The fourth-order valence-corrected chi connectivity index (χ4v) is 2.63. The summed E-state index contributed by atoms with van der Waals surface area (Å²) in [5.74, 6) is 0.0697. The van der Waals surface area contributed by atoms with Crippen LogP contribution in [0.5, 0.6) is 5.75 Å². The van der Waals surface area contributed by atoms with Crippen LogP contribution in [-0.2, 0) is 11.2 Å². The first-order valence-electron chi connectivity index (χ1n) is 8.15. The summed E-state index contributed by atoms with van der Waals surface area (Å²) in [5.41, 5.74) is 6.37. The van der Waals surface area contributed by atoms with Crippen LogP contribution in [0.15, 0.2) is 53.0 Å². The number of rotatable bonds is 7. The quantitative estimate of drug-likeness (QED) is 0.692. The Morgan fingerprint density at radius 3 is 2.52 bits per heavy atom. The van der Waals surface area contributed by atoms with Gasteiger partial charge in [-0.2, -0.15) is 0 Å². The predicted molar refractivity (Wildman–Crippen MR) is 100 cm³/mol. The summed E-state index contributed by atoms with van der Waals surface area (Å²) in [4.78, 5) is 23.9. The second-order valence-electron chi connectivity index (χ2n) is 5.48. The number of carbonyl (C=O) groups is 2. The van der Waals surface area contributed by atoms with E-state index in [0.29, 0.717) is 35.2 Å². The molecule has 0 aromatic heterocycles. The number of hydrazine groups is 1. The Hall–Kier alpha value is -2.34. The molecule has 0 saturated heterocycles. The van der Waals surface area contributed by atoms with Gasteiger partial charge in [0.15, 0.2) is 0 Å². The first-order valence-corrected chi connectivity index (χ1v) is 8.95. The standard InChI is InChI=1S/C19H21BrN2O3/c1-2-12-25-17-10-9-15(13-16(17)20)19(24)22-21-18(23)11-8-14-6-4-3-5-7-14/h3-7,9-10,13H,2,8,11-12H2,1H3,(H,21,23)(H,22,24). The van der Waals surface area contributed by atoms with Crippen molar-refractivity contribution in [2.45, 2.75) is 26.2 Å². The highest BCUT2D eigenvalue weighted by Crippen LogP contribution is 2.26. The lowest BCUT2D eigenvalue weighted by Crippen LogP contribution is -2.41. The second kappa shape index (κ2) is 9.84. The van der Waals surface area contributed by atoms with Crippen molar-refractivity contribution >= 4 is 27.7 Å². The van der Waals surface area contributed by atoms with Crippen molar-refractivity contribution in [3.8, 4) is 5.75 Å². The minimum Gasteiger partial charge on any atom is -0.492 e. The van der Waals surface area contributed by atoms with E-state index in [1.165, 1.54) is 0 Å². The molecule has 0 atom stereocenters. The maximum Gasteiger partial charge on any atom is 0.269 e. The highest BCUT2D eigenvalue weighted by Gasteiger charge is 2.10. The van der Waals surface area contributed by atoms with Crippen LogP contribution in [0.3, 0.4) is 0 Å². The molecule has 0 aliphatic rings. The second-order valence-corrected chi connectivity index (χ2v) is 6.34. The van der Waals surface area contributed by atoms with E-state index in [2.05, 4.69) is 26.8 Å². The number of carbonyl (C=O) groups excluding carboxylic acids is 2. The number of halogens is 1. The molecule has 0 aliphatic carbocycles. The molecule has 2 aromatic rings. The van der Waals surface area contributed by atoms with Crippen LogP contribution >= 0.6 is 15.9 Å². The molecule has 25 heavy (non-hydrogen) atoms. The Morgan fingerprint density at radius 2 is 1.84 bits per heavy atom. The van der Waals surface area contributed by atoms with E-state index in [1.54, 1.807) is 18.2 Å². The molecule has 2 N–H and O–H groups in total. The Labute approximate surface area is 155 Å². The van der Waals surface area contributed by atoms with Gasteiger partial charge in [0.1, 0.15) is 5.75 Å². The van der Waals surface area contributed by atoms with Crippen molar-refractivity contribution in [3.05, 3.63) is 64.1 Å². The average Bonchev–Trinajstić information content (AvgIpc) is 2.64. The minimum atomic E-state index is -0.379. The van der Waals surface area contributed by atoms with Crippen molar-refractivity contribution in [3.63, 3.8) is 0 Å². The summed E-state index contributed by atoms with van der Waals surface area (Å²) < 4.78 is 6.24. The lowest BCUT2D eigenvalue weighted by molar-refractivity contribution is -0.121. The van der Waals surface area contributed by atoms with Crippen molar-refractivity contribution in [1.29, 1.82) is 0 Å². The molecule has 0 radical (unpaired) electrons. The van der Waals surface area contributed by atoms with Crippen molar-refractivity contribution in [2.75, 3.05) is 6.61 Å². The van der Waals surface area contributed by atoms with Gasteiger partial charge in [-0.3, -0.25) is 20.4 Å². The van der Waals surface area contributed by atoms with Crippen LogP contribution in [0.2, 0.25) is 0 Å². The number of aryl methyl sites for hydroxylation is 1. The van der Waals surface area contributed by atoms with Gasteiger partial charge in [0.05, 0.1) is 11.1 Å². The zero-order valence-electron chi connectivity index (χ0n) is 14.0. The van der Waals surface area contributed by atoms with Crippen LogP contribution in [0.1, 0.15) is 35.7 Å². The smallest absolute Gasteiger partial charge is 0.269 e. The fraction of sp³-hybridized carbons (Fsp3) is 0.263. The number of nitrogens with one attached hydrogen (secondary N) is 2. The number of amides is 2. The molecule has 0 saturated carbocycles. The van der Waals surface area contributed by atoms with Gasteiger partial charge in [-0.15, -0.1) is 0 Å². The summed E-state index contributed by atoms with van der Waals surface area (Å²) >= 11 is 3.38. The molecule has 0 spiro atoms. The van der Waals surface area contributed by atoms with Crippen LogP contribution in [0.4, 0.5) is 0 Å². The summed E-state index contributed by atoms with van der Waals surface area (Å²) in [6.07, 6.45) is 1.83. The zero-order valence-corrected chi connectivity index (χ0v) is 15.6. The van der Waals surface area contributed by atoms with Gasteiger partial charge in [-0.1, -0.05) is 37.3 Å². The Bertz CT molecular complexity index is 720. The molecule has 0 aliphatic heterocycles. The predicted octanol–water partition coefficient (Wildman–Crippen LogP) is 3.63. The van der Waals surface area contributed by atoms with E-state index in [0.717, 1.165) is 12.0 Å². The van der Waals surface area contributed by atoms with Gasteiger partial charge in [0.25, 0.3) is 5.91 Å². The van der Waals surface area contributed by atoms with Gasteiger partial charge in [-0.25, -0.2) is 0 Å². The first kappa shape index (κ1) is 19.0. The van der Waals surface area contributed by atoms with Gasteiger partial charge in [-0.05, 0) is 52.5 Å². The van der Waals surface area contributed by atoms with E-state index < -0.39 is 0 Å². The third-order valence-corrected chi connectivity index (χ3v) is 4.07. The topological polar surface area (TPSA) is 67.4 Å². The SMILES string of the molecule is CCCOc1ccc(C(=O)NNC(=O)CCc2ccccc2)cc1Br. The first-order chi connectivity index (χ1) is 12.1. The van der Waals surface area contributed by atoms with E-state index in [4.69, 9.17) is 4.74 Å². The van der Waals surface area contributed by atoms with E-state index in [9.17, 15) is 9.59 Å². The molecule has 5 nitrogen and oxygen atoms in total. The summed E-state index contributed by atoms with van der Waals surface area (Å²) in [6, 6.07) is 14.8. The number of benzene rings is 2. The molecule has 2 rings (SSSR count). The lowest BCUT2D eigenvalue weighted by Gasteiger charge is -2.10. The molecule has 2 amide bonds. The summed E-state index contributed by atoms with van der Waals surface area (Å²) in [6.45, 7) is 2.64. The Kier molecular flexibility index (Phi) is 7.47. The van der Waals surface area contributed by atoms with E-state index >= 15 is 0 Å². The molecule has 0 heterocycles. The van der Waals surface area contributed by atoms with Crippen LogP contribution < -0.4 is 15.6 Å². The maximum absolute atomic E-state index is 12.1. The average molecular weight is 405 g/mol. The van der Waals surface area contributed by atoms with Crippen LogP contribution in [0, 0.1) is 0 Å². The monoisotopic (exact) mass is 404 g/mol. The molecule has 132 valence electrons. The molecule has 0 unspecified atom stereocenters. The Balaban J connectivity index is 1.81. The summed E-state index contributed by atoms with van der Waals surface area (Å²) in [5, 5.41) is 0. The largest absolute Gasteiger partial charge is 0.492 e. The Morgan fingerprint density at radius 1 is 1.08 bits per heavy atom. The number of ether oxygens (including phenoxy) is 1. The number of hydrogen-bond donors (Lipinski definition) is 2. The molecular formula is C19H21BrN2O3. The van der Waals surface area contributed by atoms with Gasteiger partial charge >= 0.3 is 0 Å². The molecule has 0 bridgehead atoms. The zero-order chi connectivity index (χ0) is 18.1. The van der Waals surface area contributed by atoms with Crippen molar-refractivity contribution in [1.82, 2.24) is 10.9 Å². The van der Waals surface area contributed by atoms with Gasteiger partial charge < -0.3 is 4.74 Å². The maximum atomic E-state index is 12.1. The van der Waals surface area contributed by atoms with E-state index in [1.807, 2.05) is 37.3 Å². The third kappa shape index (κ3) is 6.23. The highest BCUT2D eigenvalue weighted by atomic mass is 79.9. The lowest BCUT2D eigenvalue weighted by atomic mass is 10.1. The van der Waals surface area contributed by atoms with Crippen molar-refractivity contribution in [2.24, 2.45) is 0 Å². The highest BCUT2D eigenvalue weighted by molar-refractivity contribution is 9.10. The number of hydrogen-bond acceptors (Lipinski definition) is 3.